The third-order valence-electron chi connectivity index (χ3n) is 2.44. The minimum Gasteiger partial charge on any atom is -0.444 e. The second-order valence-electron chi connectivity index (χ2n) is 7.26. The quantitative estimate of drug-likeness (QED) is 0.555. The van der Waals surface area contributed by atoms with E-state index in [0.717, 1.165) is 11.3 Å². The number of halogens is 1. The summed E-state index contributed by atoms with van der Waals surface area (Å²) < 4.78 is 24.1. The first-order chi connectivity index (χ1) is 11.3. The van der Waals surface area contributed by atoms with E-state index < -0.39 is 34.4 Å². The second-order valence-corrected chi connectivity index (χ2v) is 8.34. The number of hydrogen-bond acceptors (Lipinski definition) is 6. The zero-order chi connectivity index (χ0) is 19.4. The topological polar surface area (TPSA) is 101 Å². The predicted molar refractivity (Wildman–Crippen MR) is 93.5 cm³/mol. The first-order valence-electron chi connectivity index (χ1n) is 7.61. The van der Waals surface area contributed by atoms with Crippen LogP contribution in [0.15, 0.2) is 6.07 Å². The number of thiophene rings is 1. The SMILES string of the molecule is CC(C)(C)OC(=O)NCc1cc(C(=N)NC(=O)OC(C)(C)C)c(F)s1. The summed E-state index contributed by atoms with van der Waals surface area (Å²) in [4.78, 5) is 23.7. The van der Waals surface area contributed by atoms with E-state index in [4.69, 9.17) is 14.9 Å². The summed E-state index contributed by atoms with van der Waals surface area (Å²) in [6, 6.07) is 1.39. The number of amidine groups is 1. The van der Waals surface area contributed by atoms with Crippen molar-refractivity contribution < 1.29 is 23.5 Å². The molecule has 25 heavy (non-hydrogen) atoms. The third kappa shape index (κ3) is 7.97. The summed E-state index contributed by atoms with van der Waals surface area (Å²) >= 11 is 0.773. The standard InChI is InChI=1S/C16H24FN3O4S/c1-15(2,3)23-13(21)19-8-9-7-10(11(17)25-9)12(18)20-14(22)24-16(4,5)6/h7H,8H2,1-6H3,(H,19,21)(H2,18,20,22). The van der Waals surface area contributed by atoms with Gasteiger partial charge in [0.2, 0.25) is 0 Å². The van der Waals surface area contributed by atoms with Crippen molar-refractivity contribution in [1.29, 1.82) is 5.41 Å². The van der Waals surface area contributed by atoms with Gasteiger partial charge in [-0.25, -0.2) is 9.59 Å². The molecular formula is C16H24FN3O4S. The number of hydrogen-bond donors (Lipinski definition) is 3. The van der Waals surface area contributed by atoms with Crippen molar-refractivity contribution in [3.63, 3.8) is 0 Å². The molecule has 0 aromatic carbocycles. The highest BCUT2D eigenvalue weighted by Gasteiger charge is 2.21. The largest absolute Gasteiger partial charge is 0.444 e. The van der Waals surface area contributed by atoms with E-state index in [2.05, 4.69) is 10.6 Å². The molecule has 2 amide bonds. The van der Waals surface area contributed by atoms with Crippen molar-refractivity contribution in [3.05, 3.63) is 21.6 Å². The first-order valence-corrected chi connectivity index (χ1v) is 8.42. The molecule has 1 aromatic heterocycles. The Morgan fingerprint density at radius 3 is 2.16 bits per heavy atom. The molecule has 1 rings (SSSR count). The molecule has 1 heterocycles. The molecule has 0 spiro atoms. The van der Waals surface area contributed by atoms with Gasteiger partial charge in [-0.3, -0.25) is 10.7 Å². The van der Waals surface area contributed by atoms with Crippen molar-refractivity contribution >= 4 is 29.4 Å². The number of amides is 2. The summed E-state index contributed by atoms with van der Waals surface area (Å²) in [5, 5.41) is 11.8. The lowest BCUT2D eigenvalue weighted by Gasteiger charge is -2.19. The van der Waals surface area contributed by atoms with Gasteiger partial charge in [0.05, 0.1) is 12.1 Å². The first kappa shape index (κ1) is 20.9. The molecule has 0 radical (unpaired) electrons. The Morgan fingerprint density at radius 2 is 1.64 bits per heavy atom. The predicted octanol–water partition coefficient (Wildman–Crippen LogP) is 3.76. The van der Waals surface area contributed by atoms with Crippen molar-refractivity contribution in [2.24, 2.45) is 0 Å². The maximum Gasteiger partial charge on any atom is 0.413 e. The van der Waals surface area contributed by atoms with E-state index in [1.54, 1.807) is 41.5 Å². The van der Waals surface area contributed by atoms with Crippen molar-refractivity contribution in [1.82, 2.24) is 10.6 Å². The lowest BCUT2D eigenvalue weighted by molar-refractivity contribution is 0.0521. The number of alkyl carbamates (subject to hydrolysis) is 2. The van der Waals surface area contributed by atoms with Gasteiger partial charge in [-0.15, -0.1) is 11.3 Å². The normalized spacial score (nSPS) is 11.6. The third-order valence-corrected chi connectivity index (χ3v) is 3.36. The average molecular weight is 373 g/mol. The van der Waals surface area contributed by atoms with Gasteiger partial charge >= 0.3 is 12.2 Å². The number of nitrogens with one attached hydrogen (secondary N) is 3. The van der Waals surface area contributed by atoms with Crippen LogP contribution in [0.4, 0.5) is 14.0 Å². The van der Waals surface area contributed by atoms with Gasteiger partial charge in [-0.2, -0.15) is 4.39 Å². The fourth-order valence-corrected chi connectivity index (χ4v) is 2.44. The minimum atomic E-state index is -0.837. The molecule has 0 aliphatic rings. The van der Waals surface area contributed by atoms with E-state index in [0.29, 0.717) is 4.88 Å². The highest BCUT2D eigenvalue weighted by atomic mass is 32.1. The molecule has 0 bridgehead atoms. The van der Waals surface area contributed by atoms with Crippen molar-refractivity contribution in [2.45, 2.75) is 59.3 Å². The van der Waals surface area contributed by atoms with Gasteiger partial charge in [0.25, 0.3) is 0 Å². The maximum absolute atomic E-state index is 14.0. The Kier molecular flexibility index (Phi) is 6.53. The Balaban J connectivity index is 2.65. The Hall–Kier alpha value is -2.16. The Labute approximate surface area is 150 Å². The lowest BCUT2D eigenvalue weighted by atomic mass is 10.2. The van der Waals surface area contributed by atoms with Gasteiger partial charge in [0.1, 0.15) is 17.0 Å². The molecule has 0 saturated heterocycles. The molecule has 1 aromatic rings. The van der Waals surface area contributed by atoms with Crippen LogP contribution in [0, 0.1) is 10.5 Å². The summed E-state index contributed by atoms with van der Waals surface area (Å²) in [5.41, 5.74) is -1.42. The monoisotopic (exact) mass is 373 g/mol. The highest BCUT2D eigenvalue weighted by molar-refractivity contribution is 7.10. The molecule has 0 fully saturated rings. The lowest BCUT2D eigenvalue weighted by Crippen LogP contribution is -2.36. The smallest absolute Gasteiger partial charge is 0.413 e. The van der Waals surface area contributed by atoms with Gasteiger partial charge in [0, 0.05) is 4.88 Å². The Morgan fingerprint density at radius 1 is 1.12 bits per heavy atom. The minimum absolute atomic E-state index is 0.0518. The number of ether oxygens (including phenoxy) is 2. The summed E-state index contributed by atoms with van der Waals surface area (Å²) in [6.45, 7) is 10.3. The van der Waals surface area contributed by atoms with Crippen LogP contribution in [0.1, 0.15) is 52.0 Å². The summed E-state index contributed by atoms with van der Waals surface area (Å²) in [7, 11) is 0. The molecule has 0 aliphatic carbocycles. The van der Waals surface area contributed by atoms with Gasteiger partial charge in [-0.1, -0.05) is 0 Å². The number of carbonyl (C=O) groups excluding carboxylic acids is 2. The van der Waals surface area contributed by atoms with Gasteiger partial charge in [0.15, 0.2) is 5.13 Å². The molecular weight excluding hydrogens is 349 g/mol. The van der Waals surface area contributed by atoms with Gasteiger partial charge < -0.3 is 14.8 Å². The van der Waals surface area contributed by atoms with Gasteiger partial charge in [-0.05, 0) is 47.6 Å². The molecule has 0 unspecified atom stereocenters. The molecule has 9 heteroatoms. The molecule has 0 atom stereocenters. The zero-order valence-corrected chi connectivity index (χ0v) is 16.0. The fourth-order valence-electron chi connectivity index (χ4n) is 1.62. The Bertz CT molecular complexity index is 659. The second kappa shape index (κ2) is 7.81. The van der Waals surface area contributed by atoms with Crippen molar-refractivity contribution in [2.75, 3.05) is 0 Å². The van der Waals surface area contributed by atoms with Crippen LogP contribution in [-0.2, 0) is 16.0 Å². The van der Waals surface area contributed by atoms with E-state index >= 15 is 0 Å². The van der Waals surface area contributed by atoms with E-state index in [9.17, 15) is 14.0 Å². The van der Waals surface area contributed by atoms with Crippen LogP contribution in [0.3, 0.4) is 0 Å². The van der Waals surface area contributed by atoms with Crippen LogP contribution in [0.2, 0.25) is 0 Å². The van der Waals surface area contributed by atoms with Crippen molar-refractivity contribution in [3.8, 4) is 0 Å². The highest BCUT2D eigenvalue weighted by Crippen LogP contribution is 2.21. The molecule has 3 N–H and O–H groups in total. The fraction of sp³-hybridized carbons (Fsp3) is 0.562. The zero-order valence-electron chi connectivity index (χ0n) is 15.2. The van der Waals surface area contributed by atoms with E-state index in [1.807, 2.05) is 0 Å². The number of carbonyl (C=O) groups is 2. The van der Waals surface area contributed by atoms with Crippen LogP contribution < -0.4 is 10.6 Å². The summed E-state index contributed by atoms with van der Waals surface area (Å²) in [5.74, 6) is -0.411. The van der Waals surface area contributed by atoms with Crippen LogP contribution >= 0.6 is 11.3 Å². The maximum atomic E-state index is 14.0. The molecule has 0 saturated carbocycles. The molecule has 140 valence electrons. The van der Waals surface area contributed by atoms with Crippen LogP contribution in [0.5, 0.6) is 0 Å². The molecule has 0 aliphatic heterocycles. The average Bonchev–Trinajstić information content (AvgIpc) is 2.73. The molecule has 7 nitrogen and oxygen atoms in total. The summed E-state index contributed by atoms with van der Waals surface area (Å²) in [6.07, 6.45) is -1.46. The van der Waals surface area contributed by atoms with Crippen LogP contribution in [0.25, 0.3) is 0 Å². The van der Waals surface area contributed by atoms with Crippen LogP contribution in [-0.4, -0.2) is 29.2 Å². The van der Waals surface area contributed by atoms with E-state index in [1.165, 1.54) is 6.07 Å². The number of rotatable bonds is 3. The van der Waals surface area contributed by atoms with E-state index in [-0.39, 0.29) is 12.1 Å².